The van der Waals surface area contributed by atoms with Crippen molar-refractivity contribution in [3.63, 3.8) is 0 Å². The molecule has 1 aliphatic heterocycles. The molecule has 0 aromatic heterocycles. The summed E-state index contributed by atoms with van der Waals surface area (Å²) in [6.45, 7) is 1.78. The fourth-order valence-electron chi connectivity index (χ4n) is 4.11. The van der Waals surface area contributed by atoms with E-state index in [2.05, 4.69) is 0 Å². The zero-order valence-corrected chi connectivity index (χ0v) is 12.0. The van der Waals surface area contributed by atoms with Gasteiger partial charge in [-0.25, -0.2) is 4.79 Å². The summed E-state index contributed by atoms with van der Waals surface area (Å²) in [6.07, 6.45) is 6.78. The van der Waals surface area contributed by atoms with Crippen LogP contribution in [0.15, 0.2) is 0 Å². The monoisotopic (exact) mass is 280 g/mol. The maximum absolute atomic E-state index is 12.9. The molecule has 1 amide bonds. The molecule has 1 heterocycles. The van der Waals surface area contributed by atoms with E-state index in [4.69, 9.17) is 5.73 Å². The van der Waals surface area contributed by atoms with E-state index < -0.39 is 17.6 Å². The Morgan fingerprint density at radius 2 is 1.85 bits per heavy atom. The van der Waals surface area contributed by atoms with Crippen LogP contribution in [0, 0.1) is 11.8 Å². The van der Waals surface area contributed by atoms with Gasteiger partial charge in [0, 0.05) is 6.04 Å². The largest absolute Gasteiger partial charge is 0.480 e. The molecule has 2 aliphatic carbocycles. The molecule has 0 radical (unpaired) electrons. The number of likely N-dealkylation sites (tertiary alicyclic amines) is 1. The highest BCUT2D eigenvalue weighted by Crippen LogP contribution is 2.44. The first kappa shape index (κ1) is 13.9. The lowest BCUT2D eigenvalue weighted by molar-refractivity contribution is -0.152. The summed E-state index contributed by atoms with van der Waals surface area (Å²) in [4.78, 5) is 26.0. The minimum Gasteiger partial charge on any atom is -0.480 e. The number of carboxylic acids is 1. The summed E-state index contributed by atoms with van der Waals surface area (Å²) >= 11 is 0. The number of hydrogen-bond acceptors (Lipinski definition) is 3. The Kier molecular flexibility index (Phi) is 3.27. The van der Waals surface area contributed by atoms with Crippen molar-refractivity contribution in [1.29, 1.82) is 0 Å². The quantitative estimate of drug-likeness (QED) is 0.817. The number of carbonyl (C=O) groups is 2. The van der Waals surface area contributed by atoms with E-state index in [-0.39, 0.29) is 17.9 Å². The molecule has 0 aromatic rings. The van der Waals surface area contributed by atoms with Crippen LogP contribution in [0.5, 0.6) is 0 Å². The number of carboxylic acid groups (broad SMARTS) is 1. The van der Waals surface area contributed by atoms with Gasteiger partial charge in [0.15, 0.2) is 0 Å². The first-order chi connectivity index (χ1) is 9.43. The number of hydrogen-bond donors (Lipinski definition) is 2. The molecule has 5 nitrogen and oxygen atoms in total. The van der Waals surface area contributed by atoms with Crippen molar-refractivity contribution in [2.24, 2.45) is 17.6 Å². The van der Waals surface area contributed by atoms with Crippen molar-refractivity contribution in [3.8, 4) is 0 Å². The molecule has 20 heavy (non-hydrogen) atoms. The number of nitrogens with two attached hydrogens (primary N) is 1. The van der Waals surface area contributed by atoms with Gasteiger partial charge in [-0.1, -0.05) is 12.8 Å². The number of aliphatic carboxylic acids is 1. The van der Waals surface area contributed by atoms with Gasteiger partial charge in [0.1, 0.15) is 6.04 Å². The fraction of sp³-hybridized carbons (Fsp3) is 0.867. The minimum absolute atomic E-state index is 0.0963. The summed E-state index contributed by atoms with van der Waals surface area (Å²) in [5, 5.41) is 9.46. The van der Waals surface area contributed by atoms with E-state index in [1.165, 1.54) is 0 Å². The highest BCUT2D eigenvalue weighted by Gasteiger charge is 2.54. The van der Waals surface area contributed by atoms with E-state index in [1.807, 2.05) is 0 Å². The molecule has 2 saturated carbocycles. The van der Waals surface area contributed by atoms with Crippen molar-refractivity contribution >= 4 is 11.9 Å². The molecule has 112 valence electrons. The molecule has 0 spiro atoms. The molecule has 0 aromatic carbocycles. The molecule has 0 bridgehead atoms. The first-order valence-electron chi connectivity index (χ1n) is 7.77. The zero-order valence-electron chi connectivity index (χ0n) is 12.0. The highest BCUT2D eigenvalue weighted by molar-refractivity contribution is 5.91. The molecule has 3 aliphatic rings. The van der Waals surface area contributed by atoms with Crippen molar-refractivity contribution in [2.45, 2.75) is 69.5 Å². The van der Waals surface area contributed by atoms with Crippen molar-refractivity contribution < 1.29 is 14.7 Å². The summed E-state index contributed by atoms with van der Waals surface area (Å²) in [6, 6.07) is -0.573. The molecule has 4 unspecified atom stereocenters. The molecule has 5 heteroatoms. The van der Waals surface area contributed by atoms with Crippen molar-refractivity contribution in [3.05, 3.63) is 0 Å². The zero-order chi connectivity index (χ0) is 14.5. The van der Waals surface area contributed by atoms with Crippen molar-refractivity contribution in [2.75, 3.05) is 0 Å². The van der Waals surface area contributed by atoms with Crippen LogP contribution in [0.4, 0.5) is 0 Å². The standard InChI is InChI=1S/C15H24N2O3/c1-15(16,10-6-7-10)14(20)17-11-5-3-2-4-9(11)8-12(17)13(18)19/h9-12H,2-8,16H2,1H3,(H,18,19). The third-order valence-corrected chi connectivity index (χ3v) is 5.49. The normalized spacial score (nSPS) is 36.3. The smallest absolute Gasteiger partial charge is 0.326 e. The van der Waals surface area contributed by atoms with Crippen molar-refractivity contribution in [1.82, 2.24) is 4.90 Å². The van der Waals surface area contributed by atoms with Crippen LogP contribution < -0.4 is 5.73 Å². The van der Waals surface area contributed by atoms with Gasteiger partial charge in [0.05, 0.1) is 5.54 Å². The number of nitrogens with zero attached hydrogens (tertiary/aromatic N) is 1. The Balaban J connectivity index is 1.87. The Morgan fingerprint density at radius 1 is 1.20 bits per heavy atom. The molecule has 3 N–H and O–H groups in total. The fourth-order valence-corrected chi connectivity index (χ4v) is 4.11. The van der Waals surface area contributed by atoms with E-state index in [1.54, 1.807) is 11.8 Å². The van der Waals surface area contributed by atoms with Gasteiger partial charge >= 0.3 is 5.97 Å². The van der Waals surface area contributed by atoms with E-state index >= 15 is 0 Å². The van der Waals surface area contributed by atoms with Crippen LogP contribution in [0.1, 0.15) is 51.9 Å². The number of carbonyl (C=O) groups excluding carboxylic acids is 1. The first-order valence-corrected chi connectivity index (χ1v) is 7.77. The molecular formula is C15H24N2O3. The molecular weight excluding hydrogens is 256 g/mol. The third-order valence-electron chi connectivity index (χ3n) is 5.49. The summed E-state index contributed by atoms with van der Waals surface area (Å²) in [5.41, 5.74) is 5.36. The predicted molar refractivity (Wildman–Crippen MR) is 73.9 cm³/mol. The van der Waals surface area contributed by atoms with Crippen LogP contribution >= 0.6 is 0 Å². The summed E-state index contributed by atoms with van der Waals surface area (Å²) in [5.74, 6) is -0.433. The van der Waals surface area contributed by atoms with E-state index in [9.17, 15) is 14.7 Å². The van der Waals surface area contributed by atoms with Gasteiger partial charge < -0.3 is 15.7 Å². The van der Waals surface area contributed by atoms with Gasteiger partial charge in [-0.2, -0.15) is 0 Å². The van der Waals surface area contributed by atoms with Crippen LogP contribution in [0.2, 0.25) is 0 Å². The van der Waals surface area contributed by atoms with Crippen LogP contribution in [0.3, 0.4) is 0 Å². The second-order valence-electron chi connectivity index (χ2n) is 6.97. The number of fused-ring (bicyclic) bond motifs is 1. The van der Waals surface area contributed by atoms with Crippen LogP contribution in [-0.4, -0.2) is 39.5 Å². The Hall–Kier alpha value is -1.10. The average Bonchev–Trinajstić information content (AvgIpc) is 3.19. The molecule has 3 fully saturated rings. The predicted octanol–water partition coefficient (Wildman–Crippen LogP) is 1.36. The Labute approximate surface area is 119 Å². The van der Waals surface area contributed by atoms with Gasteiger partial charge in [-0.3, -0.25) is 4.79 Å². The summed E-state index contributed by atoms with van der Waals surface area (Å²) < 4.78 is 0. The SMILES string of the molecule is CC(N)(C(=O)N1C(C(=O)O)CC2CCCCC21)C1CC1. The molecule has 1 saturated heterocycles. The lowest BCUT2D eigenvalue weighted by Gasteiger charge is -2.38. The Bertz CT molecular complexity index is 431. The van der Waals surface area contributed by atoms with Crippen LogP contribution in [0.25, 0.3) is 0 Å². The van der Waals surface area contributed by atoms with Gasteiger partial charge in [-0.15, -0.1) is 0 Å². The van der Waals surface area contributed by atoms with Gasteiger partial charge in [0.2, 0.25) is 5.91 Å². The second-order valence-corrected chi connectivity index (χ2v) is 6.97. The van der Waals surface area contributed by atoms with Gasteiger partial charge in [-0.05, 0) is 50.9 Å². The maximum Gasteiger partial charge on any atom is 0.326 e. The highest BCUT2D eigenvalue weighted by atomic mass is 16.4. The topological polar surface area (TPSA) is 83.6 Å². The molecule has 3 rings (SSSR count). The third kappa shape index (κ3) is 2.12. The Morgan fingerprint density at radius 3 is 2.45 bits per heavy atom. The second kappa shape index (κ2) is 4.72. The maximum atomic E-state index is 12.9. The van der Waals surface area contributed by atoms with Gasteiger partial charge in [0.25, 0.3) is 0 Å². The number of rotatable bonds is 3. The van der Waals surface area contributed by atoms with E-state index in [0.717, 1.165) is 38.5 Å². The van der Waals surface area contributed by atoms with E-state index in [0.29, 0.717) is 12.3 Å². The van der Waals surface area contributed by atoms with Crippen LogP contribution in [-0.2, 0) is 9.59 Å². The lowest BCUT2D eigenvalue weighted by Crippen LogP contribution is -2.59. The number of amides is 1. The minimum atomic E-state index is -0.889. The lowest BCUT2D eigenvalue weighted by atomic mass is 9.84. The average molecular weight is 280 g/mol. The summed E-state index contributed by atoms with van der Waals surface area (Å²) in [7, 11) is 0. The molecule has 4 atom stereocenters.